The fourth-order valence-corrected chi connectivity index (χ4v) is 2.17. The van der Waals surface area contributed by atoms with E-state index in [0.29, 0.717) is 11.0 Å². The highest BCUT2D eigenvalue weighted by Gasteiger charge is 2.16. The van der Waals surface area contributed by atoms with Gasteiger partial charge < -0.3 is 13.9 Å². The Labute approximate surface area is 138 Å². The third-order valence-corrected chi connectivity index (χ3v) is 3.30. The summed E-state index contributed by atoms with van der Waals surface area (Å²) in [6.07, 6.45) is 1.90. The molecule has 0 spiro atoms. The highest BCUT2D eigenvalue weighted by molar-refractivity contribution is 5.98. The zero-order valence-corrected chi connectivity index (χ0v) is 13.7. The second kappa shape index (κ2) is 7.57. The van der Waals surface area contributed by atoms with Gasteiger partial charge in [-0.05, 0) is 32.1 Å². The number of fused-ring (bicyclic) bond motifs is 1. The van der Waals surface area contributed by atoms with Crippen LogP contribution < -0.4 is 5.43 Å². The lowest BCUT2D eigenvalue weighted by atomic mass is 10.1. The number of hydrogen-bond acceptors (Lipinski definition) is 6. The van der Waals surface area contributed by atoms with E-state index in [2.05, 4.69) is 0 Å². The third-order valence-electron chi connectivity index (χ3n) is 3.30. The van der Waals surface area contributed by atoms with E-state index in [0.717, 1.165) is 5.56 Å². The van der Waals surface area contributed by atoms with Gasteiger partial charge in [0.2, 0.25) is 0 Å². The molecule has 6 nitrogen and oxygen atoms in total. The zero-order chi connectivity index (χ0) is 17.7. The summed E-state index contributed by atoms with van der Waals surface area (Å²) < 4.78 is 15.3. The second-order valence-electron chi connectivity index (χ2n) is 5.36. The van der Waals surface area contributed by atoms with Crippen LogP contribution in [0.3, 0.4) is 0 Å². The van der Waals surface area contributed by atoms with E-state index in [-0.39, 0.29) is 23.2 Å². The number of carbonyl (C=O) groups excluding carboxylic acids is 1. The minimum Gasteiger partial charge on any atom is -0.463 e. The largest absolute Gasteiger partial charge is 0.463 e. The summed E-state index contributed by atoms with van der Waals surface area (Å²) in [5.74, 6) is -0.814. The average molecular weight is 327 g/mol. The van der Waals surface area contributed by atoms with Crippen LogP contribution in [0.1, 0.15) is 18.1 Å². The number of carbonyl (C=O) groups is 1. The van der Waals surface area contributed by atoms with Crippen LogP contribution >= 0.6 is 0 Å². The van der Waals surface area contributed by atoms with Crippen LogP contribution in [-0.2, 0) is 14.3 Å². The molecule has 0 saturated carbocycles. The van der Waals surface area contributed by atoms with E-state index in [9.17, 15) is 9.59 Å². The first-order valence-corrected chi connectivity index (χ1v) is 7.30. The molecule has 0 N–H and O–H groups in total. The lowest BCUT2D eigenvalue weighted by Crippen LogP contribution is -2.20. The summed E-state index contributed by atoms with van der Waals surface area (Å²) in [6, 6.07) is 6.98. The van der Waals surface area contributed by atoms with Crippen LogP contribution in [0.15, 0.2) is 39.2 Å². The molecule has 0 saturated heterocycles. The fraction of sp³-hybridized carbons (Fsp3) is 0.278. The van der Waals surface area contributed by atoms with Gasteiger partial charge in [-0.25, -0.2) is 4.79 Å². The fourth-order valence-electron chi connectivity index (χ4n) is 2.17. The van der Waals surface area contributed by atoms with Crippen molar-refractivity contribution in [3.05, 3.63) is 51.4 Å². The molecule has 1 heterocycles. The molecule has 0 bridgehead atoms. The maximum Gasteiger partial charge on any atom is 0.349 e. The van der Waals surface area contributed by atoms with Gasteiger partial charge in [-0.2, -0.15) is 5.26 Å². The summed E-state index contributed by atoms with van der Waals surface area (Å²) in [5.41, 5.74) is 0.866. The lowest BCUT2D eigenvalue weighted by Gasteiger charge is -2.11. The smallest absolute Gasteiger partial charge is 0.349 e. The number of ether oxygens (including phenoxy) is 2. The van der Waals surface area contributed by atoms with Crippen LogP contribution in [0.25, 0.3) is 17.0 Å². The van der Waals surface area contributed by atoms with Crippen molar-refractivity contribution in [1.29, 1.82) is 5.26 Å². The molecular formula is C18H17NO5. The Hall–Kier alpha value is -2.91. The molecule has 1 atom stereocenters. The van der Waals surface area contributed by atoms with Crippen molar-refractivity contribution in [3.8, 4) is 6.07 Å². The average Bonchev–Trinajstić information content (AvgIpc) is 2.55. The molecule has 0 fully saturated rings. The minimum absolute atomic E-state index is 0.112. The van der Waals surface area contributed by atoms with Gasteiger partial charge >= 0.3 is 5.97 Å². The molecular weight excluding hydrogens is 310 g/mol. The van der Waals surface area contributed by atoms with Gasteiger partial charge in [0.25, 0.3) is 0 Å². The number of benzene rings is 1. The van der Waals surface area contributed by atoms with Crippen molar-refractivity contribution in [2.24, 2.45) is 0 Å². The number of nitrogens with zero attached hydrogens (tertiary/aromatic N) is 1. The highest BCUT2D eigenvalue weighted by atomic mass is 16.6. The monoisotopic (exact) mass is 327 g/mol. The van der Waals surface area contributed by atoms with Crippen LogP contribution in [-0.4, -0.2) is 25.8 Å². The van der Waals surface area contributed by atoms with Crippen molar-refractivity contribution >= 4 is 23.0 Å². The first-order valence-electron chi connectivity index (χ1n) is 7.30. The Morgan fingerprint density at radius 1 is 1.46 bits per heavy atom. The molecule has 6 heteroatoms. The van der Waals surface area contributed by atoms with E-state index in [4.69, 9.17) is 19.2 Å². The molecule has 2 rings (SSSR count). The summed E-state index contributed by atoms with van der Waals surface area (Å²) in [6.45, 7) is 3.71. The molecule has 0 radical (unpaired) electrons. The van der Waals surface area contributed by atoms with Crippen molar-refractivity contribution in [2.45, 2.75) is 20.0 Å². The highest BCUT2D eigenvalue weighted by Crippen LogP contribution is 2.15. The third kappa shape index (κ3) is 3.89. The molecule has 124 valence electrons. The molecule has 0 amide bonds. The van der Waals surface area contributed by atoms with Crippen molar-refractivity contribution < 1.29 is 18.7 Å². The molecule has 24 heavy (non-hydrogen) atoms. The number of aryl methyl sites for hydroxylation is 1. The van der Waals surface area contributed by atoms with Gasteiger partial charge in [0, 0.05) is 7.11 Å². The normalized spacial score (nSPS) is 12.7. The number of nitriles is 1. The van der Waals surface area contributed by atoms with Crippen LogP contribution in [0, 0.1) is 18.3 Å². The zero-order valence-electron chi connectivity index (χ0n) is 13.7. The van der Waals surface area contributed by atoms with E-state index >= 15 is 0 Å². The Morgan fingerprint density at radius 3 is 2.88 bits per heavy atom. The van der Waals surface area contributed by atoms with Gasteiger partial charge in [-0.15, -0.1) is 0 Å². The number of esters is 1. The maximum atomic E-state index is 12.5. The molecule has 2 aromatic rings. The van der Waals surface area contributed by atoms with Crippen molar-refractivity contribution in [3.63, 3.8) is 0 Å². The molecule has 0 aliphatic carbocycles. The Morgan fingerprint density at radius 2 is 2.21 bits per heavy atom. The van der Waals surface area contributed by atoms with Gasteiger partial charge in [-0.1, -0.05) is 11.6 Å². The Bertz CT molecular complexity index is 888. The number of hydrogen-bond donors (Lipinski definition) is 0. The number of methoxy groups -OCH3 is 1. The molecule has 1 aromatic heterocycles. The van der Waals surface area contributed by atoms with Gasteiger partial charge in [0.05, 0.1) is 17.6 Å². The second-order valence-corrected chi connectivity index (χ2v) is 5.36. The predicted molar refractivity (Wildman–Crippen MR) is 88.2 cm³/mol. The van der Waals surface area contributed by atoms with Gasteiger partial charge in [-0.3, -0.25) is 4.79 Å². The number of rotatable bonds is 5. The van der Waals surface area contributed by atoms with E-state index in [1.165, 1.54) is 19.4 Å². The summed E-state index contributed by atoms with van der Waals surface area (Å²) in [5, 5.41) is 9.56. The quantitative estimate of drug-likeness (QED) is 0.476. The summed E-state index contributed by atoms with van der Waals surface area (Å²) in [7, 11) is 1.48. The van der Waals surface area contributed by atoms with E-state index < -0.39 is 12.1 Å². The van der Waals surface area contributed by atoms with Crippen molar-refractivity contribution in [2.75, 3.05) is 13.7 Å². The standard InChI is InChI=1S/C18H17NO5/c1-11-4-5-16-15(6-11)17(20)14(10-23-16)7-13(8-19)18(21)24-12(2)9-22-3/h4-7,10,12H,9H2,1-3H3/b13-7+/t12-/m1/s1. The van der Waals surface area contributed by atoms with Crippen LogP contribution in [0.2, 0.25) is 0 Å². The summed E-state index contributed by atoms with van der Waals surface area (Å²) in [4.78, 5) is 24.5. The molecule has 0 unspecified atom stereocenters. The van der Waals surface area contributed by atoms with Gasteiger partial charge in [0.15, 0.2) is 5.43 Å². The molecule has 1 aromatic carbocycles. The van der Waals surface area contributed by atoms with Crippen LogP contribution in [0.4, 0.5) is 0 Å². The molecule has 0 aliphatic rings. The molecule has 0 aliphatic heterocycles. The topological polar surface area (TPSA) is 89.5 Å². The van der Waals surface area contributed by atoms with Gasteiger partial charge in [0.1, 0.15) is 29.6 Å². The predicted octanol–water partition coefficient (Wildman–Crippen LogP) is 2.59. The van der Waals surface area contributed by atoms with E-state index in [1.807, 2.05) is 13.0 Å². The van der Waals surface area contributed by atoms with E-state index in [1.54, 1.807) is 25.1 Å². The Balaban J connectivity index is 2.39. The first kappa shape index (κ1) is 17.4. The van der Waals surface area contributed by atoms with Crippen molar-refractivity contribution in [1.82, 2.24) is 0 Å². The SMILES string of the molecule is COC[C@@H](C)OC(=O)/C(C#N)=C/c1coc2ccc(C)cc2c1=O. The lowest BCUT2D eigenvalue weighted by molar-refractivity contribution is -0.145. The maximum absolute atomic E-state index is 12.5. The van der Waals surface area contributed by atoms with Crippen LogP contribution in [0.5, 0.6) is 0 Å². The first-order chi connectivity index (χ1) is 11.5. The minimum atomic E-state index is -0.814. The Kier molecular flexibility index (Phi) is 5.51. The summed E-state index contributed by atoms with van der Waals surface area (Å²) >= 11 is 0.